The lowest BCUT2D eigenvalue weighted by Crippen LogP contribution is -2.20. The van der Waals surface area contributed by atoms with Crippen molar-refractivity contribution in [3.8, 4) is 0 Å². The molecule has 0 amide bonds. The van der Waals surface area contributed by atoms with Crippen LogP contribution < -0.4 is 0 Å². The topological polar surface area (TPSA) is 20.3 Å². The molecule has 22 heavy (non-hydrogen) atoms. The Morgan fingerprint density at radius 3 is 2.45 bits per heavy atom. The molecule has 3 rings (SSSR count). The minimum Gasteiger partial charge on any atom is -0.299 e. The van der Waals surface area contributed by atoms with Gasteiger partial charge in [-0.2, -0.15) is 0 Å². The van der Waals surface area contributed by atoms with Crippen LogP contribution in [-0.4, -0.2) is 23.8 Å². The predicted molar refractivity (Wildman–Crippen MR) is 90.3 cm³/mol. The molecule has 0 radical (unpaired) electrons. The Balaban J connectivity index is 1.91. The summed E-state index contributed by atoms with van der Waals surface area (Å²) in [6, 6.07) is 14.1. The van der Waals surface area contributed by atoms with E-state index >= 15 is 0 Å². The zero-order chi connectivity index (χ0) is 15.5. The van der Waals surface area contributed by atoms with E-state index in [0.717, 1.165) is 41.9 Å². The van der Waals surface area contributed by atoms with Crippen LogP contribution in [0.25, 0.3) is 0 Å². The molecule has 0 N–H and O–H groups in total. The largest absolute Gasteiger partial charge is 0.299 e. The number of rotatable bonds is 4. The van der Waals surface area contributed by atoms with Crippen LogP contribution in [0.15, 0.2) is 42.5 Å². The maximum Gasteiger partial charge on any atom is 0.193 e. The molecule has 0 aliphatic carbocycles. The Labute approximate surface area is 132 Å². The molecule has 0 bridgehead atoms. The number of carbonyl (C=O) groups is 1. The third kappa shape index (κ3) is 3.12. The Morgan fingerprint density at radius 1 is 1.00 bits per heavy atom. The van der Waals surface area contributed by atoms with Crippen molar-refractivity contribution in [1.29, 1.82) is 0 Å². The molecule has 2 aromatic rings. The summed E-state index contributed by atoms with van der Waals surface area (Å²) in [6.45, 7) is 7.25. The Hall–Kier alpha value is -1.93. The van der Waals surface area contributed by atoms with Gasteiger partial charge in [-0.3, -0.25) is 9.69 Å². The molecule has 114 valence electrons. The monoisotopic (exact) mass is 293 g/mol. The van der Waals surface area contributed by atoms with E-state index in [1.807, 2.05) is 37.3 Å². The van der Waals surface area contributed by atoms with E-state index in [9.17, 15) is 4.79 Å². The Morgan fingerprint density at radius 2 is 1.73 bits per heavy atom. The lowest BCUT2D eigenvalue weighted by molar-refractivity contribution is 0.103. The van der Waals surface area contributed by atoms with Crippen LogP contribution in [0.2, 0.25) is 0 Å². The quantitative estimate of drug-likeness (QED) is 0.790. The van der Waals surface area contributed by atoms with E-state index in [0.29, 0.717) is 0 Å². The van der Waals surface area contributed by atoms with Crippen molar-refractivity contribution < 1.29 is 4.79 Å². The lowest BCUT2D eigenvalue weighted by Gasteiger charge is -2.17. The number of benzene rings is 2. The van der Waals surface area contributed by atoms with Crippen molar-refractivity contribution >= 4 is 5.78 Å². The van der Waals surface area contributed by atoms with E-state index in [1.54, 1.807) is 0 Å². The summed E-state index contributed by atoms with van der Waals surface area (Å²) < 4.78 is 0. The highest BCUT2D eigenvalue weighted by Gasteiger charge is 2.18. The van der Waals surface area contributed by atoms with Crippen LogP contribution in [0.1, 0.15) is 45.5 Å². The Kier molecular flexibility index (Phi) is 4.39. The molecule has 0 saturated carbocycles. The first kappa shape index (κ1) is 15.0. The van der Waals surface area contributed by atoms with Gasteiger partial charge < -0.3 is 0 Å². The SMILES string of the molecule is Cc1ccc(C(=O)c2ccccc2CN2CCCC2)c(C)c1. The van der Waals surface area contributed by atoms with Crippen LogP contribution in [-0.2, 0) is 6.54 Å². The van der Waals surface area contributed by atoms with Crippen LogP contribution in [0.5, 0.6) is 0 Å². The first-order valence-corrected chi connectivity index (χ1v) is 8.07. The average Bonchev–Trinajstić information content (AvgIpc) is 3.00. The van der Waals surface area contributed by atoms with Gasteiger partial charge >= 0.3 is 0 Å². The molecule has 0 spiro atoms. The molecular formula is C20H23NO. The maximum absolute atomic E-state index is 13.0. The summed E-state index contributed by atoms with van der Waals surface area (Å²) in [6.07, 6.45) is 2.54. The van der Waals surface area contributed by atoms with E-state index in [4.69, 9.17) is 0 Å². The van der Waals surface area contributed by atoms with E-state index in [-0.39, 0.29) is 5.78 Å². The van der Waals surface area contributed by atoms with E-state index in [1.165, 1.54) is 18.4 Å². The van der Waals surface area contributed by atoms with Crippen molar-refractivity contribution in [2.75, 3.05) is 13.1 Å². The van der Waals surface area contributed by atoms with Gasteiger partial charge in [0.15, 0.2) is 5.78 Å². The summed E-state index contributed by atoms with van der Waals surface area (Å²) in [7, 11) is 0. The van der Waals surface area contributed by atoms with Crippen LogP contribution in [0.3, 0.4) is 0 Å². The van der Waals surface area contributed by atoms with Gasteiger partial charge in [0.25, 0.3) is 0 Å². The summed E-state index contributed by atoms with van der Waals surface area (Å²) in [4.78, 5) is 15.4. The summed E-state index contributed by atoms with van der Waals surface area (Å²) in [5.41, 5.74) is 5.07. The van der Waals surface area contributed by atoms with Crippen molar-refractivity contribution in [2.24, 2.45) is 0 Å². The molecule has 1 heterocycles. The third-order valence-electron chi connectivity index (χ3n) is 4.48. The molecule has 1 saturated heterocycles. The molecule has 2 heteroatoms. The highest BCUT2D eigenvalue weighted by Crippen LogP contribution is 2.21. The second-order valence-electron chi connectivity index (χ2n) is 6.29. The predicted octanol–water partition coefficient (Wildman–Crippen LogP) is 4.13. The fraction of sp³-hybridized carbons (Fsp3) is 0.350. The first-order chi connectivity index (χ1) is 10.6. The molecule has 0 unspecified atom stereocenters. The zero-order valence-electron chi connectivity index (χ0n) is 13.4. The number of hydrogen-bond donors (Lipinski definition) is 0. The minimum atomic E-state index is 0.146. The van der Waals surface area contributed by atoms with Crippen LogP contribution >= 0.6 is 0 Å². The van der Waals surface area contributed by atoms with Gasteiger partial charge in [-0.05, 0) is 50.9 Å². The van der Waals surface area contributed by atoms with Gasteiger partial charge in [-0.1, -0.05) is 48.0 Å². The number of likely N-dealkylation sites (tertiary alicyclic amines) is 1. The molecule has 0 atom stereocenters. The number of hydrogen-bond acceptors (Lipinski definition) is 2. The third-order valence-corrected chi connectivity index (χ3v) is 4.48. The molecule has 0 aromatic heterocycles. The second-order valence-corrected chi connectivity index (χ2v) is 6.29. The van der Waals surface area contributed by atoms with Gasteiger partial charge in [0, 0.05) is 17.7 Å². The molecule has 1 aliphatic rings. The zero-order valence-corrected chi connectivity index (χ0v) is 13.4. The van der Waals surface area contributed by atoms with Gasteiger partial charge in [0.05, 0.1) is 0 Å². The van der Waals surface area contributed by atoms with Crippen LogP contribution in [0.4, 0.5) is 0 Å². The highest BCUT2D eigenvalue weighted by atomic mass is 16.1. The van der Waals surface area contributed by atoms with Crippen molar-refractivity contribution in [2.45, 2.75) is 33.2 Å². The van der Waals surface area contributed by atoms with Gasteiger partial charge in [-0.25, -0.2) is 0 Å². The minimum absolute atomic E-state index is 0.146. The Bertz CT molecular complexity index is 684. The van der Waals surface area contributed by atoms with Crippen molar-refractivity contribution in [1.82, 2.24) is 4.90 Å². The number of aryl methyl sites for hydroxylation is 2. The lowest BCUT2D eigenvalue weighted by atomic mass is 9.94. The molecule has 2 aromatic carbocycles. The average molecular weight is 293 g/mol. The summed E-state index contributed by atoms with van der Waals surface area (Å²) in [5, 5.41) is 0. The van der Waals surface area contributed by atoms with E-state index < -0.39 is 0 Å². The fourth-order valence-corrected chi connectivity index (χ4v) is 3.27. The van der Waals surface area contributed by atoms with Gasteiger partial charge in [0.2, 0.25) is 0 Å². The number of nitrogens with zero attached hydrogens (tertiary/aromatic N) is 1. The molecule has 1 fully saturated rings. The first-order valence-electron chi connectivity index (χ1n) is 8.07. The summed E-state index contributed by atoms with van der Waals surface area (Å²) in [5.74, 6) is 0.146. The normalized spacial score (nSPS) is 15.2. The van der Waals surface area contributed by atoms with Gasteiger partial charge in [0.1, 0.15) is 0 Å². The van der Waals surface area contributed by atoms with Crippen molar-refractivity contribution in [3.05, 3.63) is 70.3 Å². The summed E-state index contributed by atoms with van der Waals surface area (Å²) >= 11 is 0. The second kappa shape index (κ2) is 6.45. The van der Waals surface area contributed by atoms with Crippen molar-refractivity contribution in [3.63, 3.8) is 0 Å². The number of carbonyl (C=O) groups excluding carboxylic acids is 1. The number of ketones is 1. The smallest absolute Gasteiger partial charge is 0.193 e. The maximum atomic E-state index is 13.0. The molecule has 2 nitrogen and oxygen atoms in total. The highest BCUT2D eigenvalue weighted by molar-refractivity contribution is 6.10. The fourth-order valence-electron chi connectivity index (χ4n) is 3.27. The van der Waals surface area contributed by atoms with Gasteiger partial charge in [-0.15, -0.1) is 0 Å². The standard InChI is InChI=1S/C20H23NO/c1-15-9-10-18(16(2)13-15)20(22)19-8-4-3-7-17(19)14-21-11-5-6-12-21/h3-4,7-10,13H,5-6,11-12,14H2,1-2H3. The van der Waals surface area contributed by atoms with Crippen LogP contribution in [0, 0.1) is 13.8 Å². The van der Waals surface area contributed by atoms with E-state index in [2.05, 4.69) is 24.0 Å². The molecular weight excluding hydrogens is 270 g/mol. The molecule has 1 aliphatic heterocycles.